The monoisotopic (exact) mass is 234 g/mol. The van der Waals surface area contributed by atoms with E-state index in [0.29, 0.717) is 11.7 Å². The maximum absolute atomic E-state index is 5.89. The molecule has 0 spiro atoms. The maximum Gasteiger partial charge on any atom is 0.144 e. The second-order valence-corrected chi connectivity index (χ2v) is 5.19. The molecule has 3 heteroatoms. The third kappa shape index (κ3) is 3.29. The highest BCUT2D eigenvalue weighted by atomic mass is 16.5. The number of nitrogen functional groups attached to an aromatic ring is 1. The van der Waals surface area contributed by atoms with Crippen LogP contribution in [0, 0.1) is 5.92 Å². The summed E-state index contributed by atoms with van der Waals surface area (Å²) in [4.78, 5) is 0. The van der Waals surface area contributed by atoms with E-state index >= 15 is 0 Å². The van der Waals surface area contributed by atoms with E-state index in [4.69, 9.17) is 10.5 Å². The lowest BCUT2D eigenvalue weighted by Crippen LogP contribution is -2.17. The maximum atomic E-state index is 5.89. The van der Waals surface area contributed by atoms with Crippen molar-refractivity contribution in [2.45, 2.75) is 45.8 Å². The number of hydrogen-bond donors (Lipinski definition) is 2. The summed E-state index contributed by atoms with van der Waals surface area (Å²) < 4.78 is 5.68. The average Bonchev–Trinajstić information content (AvgIpc) is 3.05. The van der Waals surface area contributed by atoms with Crippen LogP contribution in [0.15, 0.2) is 18.2 Å². The molecule has 0 bridgehead atoms. The van der Waals surface area contributed by atoms with Gasteiger partial charge in [0.2, 0.25) is 0 Å². The van der Waals surface area contributed by atoms with E-state index in [9.17, 15) is 0 Å². The van der Waals surface area contributed by atoms with Crippen molar-refractivity contribution >= 4 is 11.4 Å². The summed E-state index contributed by atoms with van der Waals surface area (Å²) >= 11 is 0. The number of rotatable bonds is 5. The van der Waals surface area contributed by atoms with Gasteiger partial charge in [0.25, 0.3) is 0 Å². The normalized spacial score (nSPS) is 16.9. The second-order valence-electron chi connectivity index (χ2n) is 5.19. The zero-order chi connectivity index (χ0) is 12.4. The van der Waals surface area contributed by atoms with E-state index in [0.717, 1.165) is 17.4 Å². The molecule has 1 fully saturated rings. The van der Waals surface area contributed by atoms with Crippen LogP contribution in [0.1, 0.15) is 33.6 Å². The van der Waals surface area contributed by atoms with Crippen LogP contribution in [0.4, 0.5) is 11.4 Å². The van der Waals surface area contributed by atoms with Crippen molar-refractivity contribution in [3.63, 3.8) is 0 Å². The first-order valence-electron chi connectivity index (χ1n) is 6.39. The third-order valence-electron chi connectivity index (χ3n) is 3.10. The minimum atomic E-state index is 0.147. The molecular formula is C14H22N2O. The van der Waals surface area contributed by atoms with Crippen molar-refractivity contribution < 1.29 is 4.74 Å². The van der Waals surface area contributed by atoms with Crippen LogP contribution in [0.2, 0.25) is 0 Å². The van der Waals surface area contributed by atoms with Gasteiger partial charge in [0.15, 0.2) is 0 Å². The summed E-state index contributed by atoms with van der Waals surface area (Å²) in [5.41, 5.74) is 7.68. The summed E-state index contributed by atoms with van der Waals surface area (Å²) in [6.07, 6.45) is 2.84. The van der Waals surface area contributed by atoms with Crippen LogP contribution in [0.3, 0.4) is 0 Å². The Kier molecular flexibility index (Phi) is 3.46. The molecule has 0 aromatic heterocycles. The molecule has 1 aliphatic carbocycles. The predicted molar refractivity (Wildman–Crippen MR) is 72.4 cm³/mol. The fourth-order valence-electron chi connectivity index (χ4n) is 1.96. The SMILES string of the molecule is CC(C)Oc1cc(NC(C)C2CC2)ccc1N. The van der Waals surface area contributed by atoms with Gasteiger partial charge >= 0.3 is 0 Å². The Morgan fingerprint density at radius 2 is 2.00 bits per heavy atom. The predicted octanol–water partition coefficient (Wildman–Crippen LogP) is 3.27. The van der Waals surface area contributed by atoms with Crippen molar-refractivity contribution in [3.8, 4) is 5.75 Å². The molecule has 1 aliphatic rings. The molecule has 1 atom stereocenters. The van der Waals surface area contributed by atoms with E-state index in [2.05, 4.69) is 12.2 Å². The molecule has 0 heterocycles. The van der Waals surface area contributed by atoms with Gasteiger partial charge in [-0.15, -0.1) is 0 Å². The number of benzene rings is 1. The molecule has 0 radical (unpaired) electrons. The lowest BCUT2D eigenvalue weighted by molar-refractivity contribution is 0.244. The van der Waals surface area contributed by atoms with E-state index in [1.54, 1.807) is 0 Å². The summed E-state index contributed by atoms with van der Waals surface area (Å²) in [6.45, 7) is 6.25. The van der Waals surface area contributed by atoms with Gasteiger partial charge in [-0.05, 0) is 51.7 Å². The molecule has 1 aromatic rings. The van der Waals surface area contributed by atoms with Gasteiger partial charge in [-0.25, -0.2) is 0 Å². The van der Waals surface area contributed by atoms with Gasteiger partial charge in [0.05, 0.1) is 11.8 Å². The quantitative estimate of drug-likeness (QED) is 0.769. The molecule has 1 aromatic carbocycles. The van der Waals surface area contributed by atoms with E-state index in [-0.39, 0.29) is 6.10 Å². The Labute approximate surface area is 103 Å². The Balaban J connectivity index is 2.06. The van der Waals surface area contributed by atoms with E-state index in [1.165, 1.54) is 12.8 Å². The first kappa shape index (κ1) is 12.1. The Bertz CT molecular complexity index is 386. The van der Waals surface area contributed by atoms with Gasteiger partial charge in [0, 0.05) is 17.8 Å². The minimum absolute atomic E-state index is 0.147. The molecule has 94 valence electrons. The lowest BCUT2D eigenvalue weighted by atomic mass is 10.2. The number of anilines is 2. The van der Waals surface area contributed by atoms with Crippen LogP contribution in [-0.4, -0.2) is 12.1 Å². The molecule has 0 amide bonds. The number of ether oxygens (including phenoxy) is 1. The summed E-state index contributed by atoms with van der Waals surface area (Å²) in [7, 11) is 0. The minimum Gasteiger partial charge on any atom is -0.489 e. The van der Waals surface area contributed by atoms with Crippen LogP contribution >= 0.6 is 0 Å². The van der Waals surface area contributed by atoms with Crippen LogP contribution in [0.5, 0.6) is 5.75 Å². The van der Waals surface area contributed by atoms with Crippen LogP contribution in [-0.2, 0) is 0 Å². The van der Waals surface area contributed by atoms with Crippen molar-refractivity contribution in [1.82, 2.24) is 0 Å². The number of nitrogens with one attached hydrogen (secondary N) is 1. The fraction of sp³-hybridized carbons (Fsp3) is 0.571. The van der Waals surface area contributed by atoms with Crippen LogP contribution < -0.4 is 15.8 Å². The average molecular weight is 234 g/mol. The molecule has 2 rings (SSSR count). The highest BCUT2D eigenvalue weighted by Gasteiger charge is 2.27. The molecule has 17 heavy (non-hydrogen) atoms. The molecule has 3 nitrogen and oxygen atoms in total. The number of hydrogen-bond acceptors (Lipinski definition) is 3. The summed E-state index contributed by atoms with van der Waals surface area (Å²) in [5.74, 6) is 1.61. The standard InChI is InChI=1S/C14H22N2O/c1-9(2)17-14-8-12(6-7-13(14)15)16-10(3)11-4-5-11/h6-11,16H,4-5,15H2,1-3H3. The van der Waals surface area contributed by atoms with Gasteiger partial charge in [-0.3, -0.25) is 0 Å². The Morgan fingerprint density at radius 3 is 2.59 bits per heavy atom. The summed E-state index contributed by atoms with van der Waals surface area (Å²) in [6, 6.07) is 6.44. The van der Waals surface area contributed by atoms with Gasteiger partial charge < -0.3 is 15.8 Å². The molecule has 1 saturated carbocycles. The highest BCUT2D eigenvalue weighted by Crippen LogP contribution is 2.35. The fourth-order valence-corrected chi connectivity index (χ4v) is 1.96. The molecule has 0 saturated heterocycles. The zero-order valence-electron chi connectivity index (χ0n) is 10.9. The van der Waals surface area contributed by atoms with Crippen molar-refractivity contribution in [2.24, 2.45) is 5.92 Å². The molecule has 3 N–H and O–H groups in total. The lowest BCUT2D eigenvalue weighted by Gasteiger charge is -2.17. The van der Waals surface area contributed by atoms with Crippen molar-refractivity contribution in [3.05, 3.63) is 18.2 Å². The zero-order valence-corrected chi connectivity index (χ0v) is 10.9. The molecular weight excluding hydrogens is 212 g/mol. The Hall–Kier alpha value is -1.38. The smallest absolute Gasteiger partial charge is 0.144 e. The third-order valence-corrected chi connectivity index (χ3v) is 3.10. The van der Waals surface area contributed by atoms with E-state index in [1.807, 2.05) is 32.0 Å². The van der Waals surface area contributed by atoms with E-state index < -0.39 is 0 Å². The second kappa shape index (κ2) is 4.86. The van der Waals surface area contributed by atoms with Crippen LogP contribution in [0.25, 0.3) is 0 Å². The number of nitrogens with two attached hydrogens (primary N) is 1. The van der Waals surface area contributed by atoms with Crippen molar-refractivity contribution in [2.75, 3.05) is 11.1 Å². The molecule has 0 aliphatic heterocycles. The first-order valence-corrected chi connectivity index (χ1v) is 6.39. The summed E-state index contributed by atoms with van der Waals surface area (Å²) in [5, 5.41) is 3.51. The largest absolute Gasteiger partial charge is 0.489 e. The molecule has 1 unspecified atom stereocenters. The van der Waals surface area contributed by atoms with Gasteiger partial charge in [-0.2, -0.15) is 0 Å². The first-order chi connectivity index (χ1) is 8.06. The Morgan fingerprint density at radius 1 is 1.29 bits per heavy atom. The van der Waals surface area contributed by atoms with Crippen molar-refractivity contribution in [1.29, 1.82) is 0 Å². The van der Waals surface area contributed by atoms with Gasteiger partial charge in [-0.1, -0.05) is 0 Å². The highest BCUT2D eigenvalue weighted by molar-refractivity contribution is 5.61. The topological polar surface area (TPSA) is 47.3 Å². The van der Waals surface area contributed by atoms with Gasteiger partial charge in [0.1, 0.15) is 5.75 Å².